The van der Waals surface area contributed by atoms with Gasteiger partial charge in [-0.25, -0.2) is 0 Å². The smallest absolute Gasteiger partial charge is 0.308 e. The van der Waals surface area contributed by atoms with Crippen molar-refractivity contribution in [1.82, 2.24) is 4.90 Å². The molecule has 0 radical (unpaired) electrons. The predicted molar refractivity (Wildman–Crippen MR) is 57.8 cm³/mol. The van der Waals surface area contributed by atoms with Gasteiger partial charge in [-0.1, -0.05) is 0 Å². The molecule has 84 valence electrons. The van der Waals surface area contributed by atoms with Crippen LogP contribution in [0.5, 0.6) is 0 Å². The number of carbonyl (C=O) groups excluding carboxylic acids is 1. The van der Waals surface area contributed by atoms with Crippen LogP contribution < -0.4 is 0 Å². The van der Waals surface area contributed by atoms with Gasteiger partial charge in [0.05, 0.1) is 5.92 Å². The fraction of sp³-hybridized carbons (Fsp3) is 0.800. The maximum absolute atomic E-state index is 11.6. The Morgan fingerprint density at radius 3 is 2.60 bits per heavy atom. The van der Waals surface area contributed by atoms with Crippen molar-refractivity contribution in [2.24, 2.45) is 5.92 Å². The fourth-order valence-corrected chi connectivity index (χ4v) is 3.33. The molecule has 0 aliphatic carbocycles. The number of carboxylic acids is 1. The normalized spacial score (nSPS) is 28.4. The number of carbonyl (C=O) groups is 2. The fourth-order valence-electron chi connectivity index (χ4n) is 2.25. The average molecular weight is 229 g/mol. The quantitative estimate of drug-likeness (QED) is 0.761. The van der Waals surface area contributed by atoms with Crippen molar-refractivity contribution < 1.29 is 14.7 Å². The van der Waals surface area contributed by atoms with E-state index in [-0.39, 0.29) is 12.3 Å². The van der Waals surface area contributed by atoms with Gasteiger partial charge >= 0.3 is 5.97 Å². The lowest BCUT2D eigenvalue weighted by atomic mass is 10.1. The van der Waals surface area contributed by atoms with E-state index in [9.17, 15) is 9.59 Å². The number of hydrogen-bond acceptors (Lipinski definition) is 3. The van der Waals surface area contributed by atoms with Gasteiger partial charge in [0, 0.05) is 19.0 Å². The highest BCUT2D eigenvalue weighted by molar-refractivity contribution is 7.99. The lowest BCUT2D eigenvalue weighted by Crippen LogP contribution is -2.39. The Bertz CT molecular complexity index is 276. The molecule has 1 N–H and O–H groups in total. The van der Waals surface area contributed by atoms with Gasteiger partial charge in [-0.05, 0) is 24.3 Å². The molecule has 0 aromatic carbocycles. The first-order valence-corrected chi connectivity index (χ1v) is 6.44. The molecule has 2 aliphatic rings. The Morgan fingerprint density at radius 1 is 1.40 bits per heavy atom. The molecule has 15 heavy (non-hydrogen) atoms. The van der Waals surface area contributed by atoms with E-state index >= 15 is 0 Å². The minimum atomic E-state index is -0.837. The van der Waals surface area contributed by atoms with Gasteiger partial charge in [-0.15, -0.1) is 0 Å². The van der Waals surface area contributed by atoms with Crippen LogP contribution in [-0.4, -0.2) is 46.0 Å². The average Bonchev–Trinajstić information content (AvgIpc) is 2.62. The third-order valence-corrected chi connectivity index (χ3v) is 4.19. The largest absolute Gasteiger partial charge is 0.481 e. The van der Waals surface area contributed by atoms with Gasteiger partial charge in [0.2, 0.25) is 5.91 Å². The lowest BCUT2D eigenvalue weighted by molar-refractivity contribution is -0.141. The first kappa shape index (κ1) is 10.8. The van der Waals surface area contributed by atoms with Crippen LogP contribution >= 0.6 is 11.8 Å². The van der Waals surface area contributed by atoms with Gasteiger partial charge in [-0.3, -0.25) is 9.59 Å². The topological polar surface area (TPSA) is 57.6 Å². The second-order valence-corrected chi connectivity index (χ2v) is 5.35. The van der Waals surface area contributed by atoms with Gasteiger partial charge in [0.1, 0.15) is 0 Å². The van der Waals surface area contributed by atoms with Gasteiger partial charge < -0.3 is 10.0 Å². The van der Waals surface area contributed by atoms with Crippen molar-refractivity contribution in [3.8, 4) is 0 Å². The van der Waals surface area contributed by atoms with E-state index in [1.54, 1.807) is 4.90 Å². The van der Waals surface area contributed by atoms with Crippen molar-refractivity contribution in [3.63, 3.8) is 0 Å². The summed E-state index contributed by atoms with van der Waals surface area (Å²) in [5.74, 6) is 0.890. The lowest BCUT2D eigenvalue weighted by Gasteiger charge is -2.30. The number of aliphatic carboxylic acids is 1. The van der Waals surface area contributed by atoms with E-state index in [2.05, 4.69) is 0 Å². The van der Waals surface area contributed by atoms with Crippen LogP contribution in [0.3, 0.4) is 0 Å². The first-order valence-electron chi connectivity index (χ1n) is 5.28. The molecule has 0 aromatic heterocycles. The maximum atomic E-state index is 11.6. The summed E-state index contributed by atoms with van der Waals surface area (Å²) in [4.78, 5) is 24.2. The zero-order valence-electron chi connectivity index (χ0n) is 8.52. The Kier molecular flexibility index (Phi) is 3.19. The summed E-state index contributed by atoms with van der Waals surface area (Å²) in [6.07, 6.45) is 2.23. The summed E-state index contributed by atoms with van der Waals surface area (Å²) < 4.78 is 0. The molecule has 0 spiro atoms. The van der Waals surface area contributed by atoms with Crippen molar-refractivity contribution in [1.29, 1.82) is 0 Å². The van der Waals surface area contributed by atoms with E-state index in [1.807, 2.05) is 11.8 Å². The monoisotopic (exact) mass is 229 g/mol. The Morgan fingerprint density at radius 2 is 2.07 bits per heavy atom. The molecule has 1 unspecified atom stereocenters. The standard InChI is InChI=1S/C10H15NO3S/c12-9-5-7(10(13)14)6-11(9)8-1-3-15-4-2-8/h7-8H,1-6H2,(H,13,14). The Labute approximate surface area is 93.0 Å². The molecule has 2 saturated heterocycles. The molecule has 0 bridgehead atoms. The van der Waals surface area contributed by atoms with E-state index < -0.39 is 11.9 Å². The molecular formula is C10H15NO3S. The van der Waals surface area contributed by atoms with Crippen LogP contribution in [0.15, 0.2) is 0 Å². The molecule has 0 aromatic rings. The zero-order valence-corrected chi connectivity index (χ0v) is 9.33. The minimum absolute atomic E-state index is 0.0271. The van der Waals surface area contributed by atoms with E-state index in [4.69, 9.17) is 5.11 Å². The van der Waals surface area contributed by atoms with Crippen LogP contribution in [0.25, 0.3) is 0 Å². The third kappa shape index (κ3) is 2.27. The second kappa shape index (κ2) is 4.43. The van der Waals surface area contributed by atoms with Crippen LogP contribution in [-0.2, 0) is 9.59 Å². The number of carboxylic acid groups (broad SMARTS) is 1. The molecular weight excluding hydrogens is 214 g/mol. The highest BCUT2D eigenvalue weighted by atomic mass is 32.2. The van der Waals surface area contributed by atoms with E-state index in [0.29, 0.717) is 12.6 Å². The molecule has 5 heteroatoms. The highest BCUT2D eigenvalue weighted by Crippen LogP contribution is 2.27. The Hall–Kier alpha value is -0.710. The number of likely N-dealkylation sites (tertiary alicyclic amines) is 1. The van der Waals surface area contributed by atoms with Crippen molar-refractivity contribution in [2.75, 3.05) is 18.1 Å². The number of nitrogens with zero attached hydrogens (tertiary/aromatic N) is 1. The molecule has 2 aliphatic heterocycles. The zero-order chi connectivity index (χ0) is 10.8. The van der Waals surface area contributed by atoms with E-state index in [0.717, 1.165) is 24.3 Å². The number of thioether (sulfide) groups is 1. The van der Waals surface area contributed by atoms with Crippen LogP contribution in [0, 0.1) is 5.92 Å². The third-order valence-electron chi connectivity index (χ3n) is 3.14. The first-order chi connectivity index (χ1) is 7.18. The van der Waals surface area contributed by atoms with Crippen LogP contribution in [0.1, 0.15) is 19.3 Å². The van der Waals surface area contributed by atoms with Crippen molar-refractivity contribution >= 4 is 23.6 Å². The van der Waals surface area contributed by atoms with Crippen molar-refractivity contribution in [3.05, 3.63) is 0 Å². The van der Waals surface area contributed by atoms with Crippen LogP contribution in [0.2, 0.25) is 0 Å². The molecule has 1 atom stereocenters. The molecule has 2 fully saturated rings. The van der Waals surface area contributed by atoms with Gasteiger partial charge in [0.15, 0.2) is 0 Å². The van der Waals surface area contributed by atoms with Crippen LogP contribution in [0.4, 0.5) is 0 Å². The summed E-state index contributed by atoms with van der Waals surface area (Å²) in [6, 6.07) is 0.295. The summed E-state index contributed by atoms with van der Waals surface area (Å²) in [5, 5.41) is 8.86. The molecule has 0 saturated carbocycles. The maximum Gasteiger partial charge on any atom is 0.308 e. The van der Waals surface area contributed by atoms with Crippen molar-refractivity contribution in [2.45, 2.75) is 25.3 Å². The second-order valence-electron chi connectivity index (χ2n) is 4.13. The summed E-state index contributed by atoms with van der Waals surface area (Å²) in [7, 11) is 0. The van der Waals surface area contributed by atoms with Gasteiger partial charge in [-0.2, -0.15) is 11.8 Å². The molecule has 4 nitrogen and oxygen atoms in total. The SMILES string of the molecule is O=C(O)C1CC(=O)N(C2CCSCC2)C1. The summed E-state index contributed by atoms with van der Waals surface area (Å²) in [6.45, 7) is 0.420. The number of hydrogen-bond donors (Lipinski definition) is 1. The summed E-state index contributed by atoms with van der Waals surface area (Å²) >= 11 is 1.91. The molecule has 1 amide bonds. The predicted octanol–water partition coefficient (Wildman–Crippen LogP) is 0.815. The molecule has 2 heterocycles. The summed E-state index contributed by atoms with van der Waals surface area (Å²) in [5.41, 5.74) is 0. The molecule has 2 rings (SSSR count). The minimum Gasteiger partial charge on any atom is -0.481 e. The van der Waals surface area contributed by atoms with Gasteiger partial charge in [0.25, 0.3) is 0 Å². The Balaban J connectivity index is 1.97. The highest BCUT2D eigenvalue weighted by Gasteiger charge is 2.38. The van der Waals surface area contributed by atoms with E-state index in [1.165, 1.54) is 0 Å². The number of amides is 1. The number of rotatable bonds is 2.